The zero-order chi connectivity index (χ0) is 51.5. The first-order chi connectivity index (χ1) is 34.7. The van der Waals surface area contributed by atoms with Gasteiger partial charge in [-0.1, -0.05) is 30.7 Å². The van der Waals surface area contributed by atoms with Crippen LogP contribution in [-0.4, -0.2) is 136 Å². The summed E-state index contributed by atoms with van der Waals surface area (Å²) in [4.78, 5) is 34.2. The number of pyridine rings is 1. The maximum Gasteiger partial charge on any atom is 0.406 e. The van der Waals surface area contributed by atoms with Gasteiger partial charge in [-0.15, -0.1) is 11.8 Å². The van der Waals surface area contributed by atoms with Crippen LogP contribution in [-0.2, 0) is 36.9 Å². The lowest BCUT2D eigenvalue weighted by molar-refractivity contribution is -0.140. The molecule has 1 fully saturated rings. The molecule has 2 aromatic carbocycles. The Morgan fingerprint density at radius 3 is 2.40 bits per heavy atom. The first-order valence-electron chi connectivity index (χ1n) is 23.8. The minimum absolute atomic E-state index is 0.127. The van der Waals surface area contributed by atoms with Crippen molar-refractivity contribution in [1.29, 1.82) is 0 Å². The lowest BCUT2D eigenvalue weighted by Crippen LogP contribution is -2.36. The molecule has 0 unspecified atom stereocenters. The van der Waals surface area contributed by atoms with E-state index in [4.69, 9.17) is 29.4 Å². The van der Waals surface area contributed by atoms with Crippen LogP contribution in [0.3, 0.4) is 0 Å². The largest absolute Gasteiger partial charge is 0.495 e. The summed E-state index contributed by atoms with van der Waals surface area (Å²) in [5, 5.41) is 10.3. The van der Waals surface area contributed by atoms with Gasteiger partial charge in [-0.3, -0.25) is 9.59 Å². The topological polar surface area (TPSA) is 167 Å². The van der Waals surface area contributed by atoms with Gasteiger partial charge in [-0.2, -0.15) is 13.2 Å². The van der Waals surface area contributed by atoms with Gasteiger partial charge in [0.1, 0.15) is 12.3 Å². The lowest BCUT2D eigenvalue weighted by Gasteiger charge is -2.30. The summed E-state index contributed by atoms with van der Waals surface area (Å²) in [6.45, 7) is 11.1. The first kappa shape index (κ1) is 54.9. The smallest absolute Gasteiger partial charge is 0.406 e. The van der Waals surface area contributed by atoms with Gasteiger partial charge in [-0.25, -0.2) is 4.98 Å². The monoisotopic (exact) mass is 1010 g/mol. The first-order valence-corrected chi connectivity index (χ1v) is 24.8. The highest BCUT2D eigenvalue weighted by Crippen LogP contribution is 2.33. The van der Waals surface area contributed by atoms with Crippen molar-refractivity contribution in [3.63, 3.8) is 0 Å². The van der Waals surface area contributed by atoms with Crippen molar-refractivity contribution in [1.82, 2.24) is 24.7 Å². The Kier molecular flexibility index (Phi) is 20.9. The van der Waals surface area contributed by atoms with Crippen molar-refractivity contribution in [3.8, 4) is 23.5 Å². The van der Waals surface area contributed by atoms with Crippen LogP contribution in [0.5, 0.6) is 11.6 Å². The predicted molar refractivity (Wildman–Crippen MR) is 276 cm³/mol. The van der Waals surface area contributed by atoms with Crippen molar-refractivity contribution in [2.75, 3.05) is 103 Å². The number of Topliss-reactive ketones (excluding diaryl/α,β-unsaturated/α-hetero) is 1. The molecule has 0 bridgehead atoms. The molecule has 2 aliphatic heterocycles. The van der Waals surface area contributed by atoms with Crippen LogP contribution in [0, 0.1) is 11.8 Å². The third-order valence-corrected chi connectivity index (χ3v) is 12.5. The highest BCUT2D eigenvalue weighted by molar-refractivity contribution is 7.99. The van der Waals surface area contributed by atoms with Crippen molar-refractivity contribution in [2.24, 2.45) is 5.73 Å². The van der Waals surface area contributed by atoms with Crippen molar-refractivity contribution >= 4 is 45.7 Å². The molecular formula is C53H65F3N8O7S. The molecule has 4 aromatic rings. The van der Waals surface area contributed by atoms with Crippen LogP contribution in [0.1, 0.15) is 38.1 Å². The number of carbonyl (C=O) groups excluding carboxylic acids is 2. The number of hydrogen-bond donors (Lipinski definition) is 4. The van der Waals surface area contributed by atoms with Crippen molar-refractivity contribution in [2.45, 2.75) is 56.9 Å². The number of ketones is 1. The number of alkyl halides is 3. The molecule has 1 saturated heterocycles. The second-order valence-electron chi connectivity index (χ2n) is 17.2. The number of fused-ring (bicyclic) bond motifs is 1. The van der Waals surface area contributed by atoms with Gasteiger partial charge >= 0.3 is 6.18 Å². The number of thioether (sulfide) groups is 1. The number of carbonyl (C=O) groups is 2. The summed E-state index contributed by atoms with van der Waals surface area (Å²) in [5.41, 5.74) is 11.3. The number of likely N-dealkylation sites (tertiary alicyclic amines) is 1. The molecule has 386 valence electrons. The summed E-state index contributed by atoms with van der Waals surface area (Å²) in [6.07, 6.45) is 2.96. The number of nitrogens with two attached hydrogens (primary N) is 1. The number of anilines is 2. The number of amides is 1. The number of benzene rings is 2. The molecule has 5 N–H and O–H groups in total. The van der Waals surface area contributed by atoms with Crippen LogP contribution in [0.2, 0.25) is 0 Å². The zero-order valence-corrected chi connectivity index (χ0v) is 42.2. The van der Waals surface area contributed by atoms with E-state index >= 15 is 0 Å². The SMILES string of the molecule is C=C1C=CC(/C(C(C)=O)=C(\C)N)=CN1Cc1cccc(OCC(=O)NCCOCCOCCOCCSc2ccc(NCC#Cc3cc4c(NC5CCN(C)CC5)cccc4n3CC(F)(F)F)c(OC)c2)n1. The van der Waals surface area contributed by atoms with E-state index in [9.17, 15) is 22.8 Å². The molecule has 4 heterocycles. The predicted octanol–water partition coefficient (Wildman–Crippen LogP) is 7.51. The summed E-state index contributed by atoms with van der Waals surface area (Å²) < 4.78 is 70.7. The van der Waals surface area contributed by atoms with Crippen molar-refractivity contribution in [3.05, 3.63) is 120 Å². The number of nitrogens with one attached hydrogen (secondary N) is 3. The fourth-order valence-electron chi connectivity index (χ4n) is 8.01. The molecule has 0 aliphatic carbocycles. The maximum absolute atomic E-state index is 13.8. The number of piperidine rings is 1. The molecule has 0 spiro atoms. The Balaban J connectivity index is 0.817. The van der Waals surface area contributed by atoms with E-state index in [2.05, 4.69) is 51.3 Å². The number of allylic oxidation sites excluding steroid dienone is 5. The van der Waals surface area contributed by atoms with E-state index < -0.39 is 12.7 Å². The quantitative estimate of drug-likeness (QED) is 0.0211. The summed E-state index contributed by atoms with van der Waals surface area (Å²) in [6, 6.07) is 18.5. The summed E-state index contributed by atoms with van der Waals surface area (Å²) in [5.74, 6) is 7.18. The molecule has 1 amide bonds. The van der Waals surface area contributed by atoms with Gasteiger partial charge in [0.15, 0.2) is 12.4 Å². The number of halogens is 3. The van der Waals surface area contributed by atoms with E-state index in [1.54, 1.807) is 56.1 Å². The summed E-state index contributed by atoms with van der Waals surface area (Å²) >= 11 is 1.61. The van der Waals surface area contributed by atoms with Gasteiger partial charge in [0.05, 0.1) is 82.4 Å². The van der Waals surface area contributed by atoms with E-state index in [-0.39, 0.29) is 30.9 Å². The van der Waals surface area contributed by atoms with E-state index in [1.807, 2.05) is 53.6 Å². The third-order valence-electron chi connectivity index (χ3n) is 11.5. The Hall–Kier alpha value is -6.43. The Morgan fingerprint density at radius 2 is 1.68 bits per heavy atom. The Morgan fingerprint density at radius 1 is 0.944 bits per heavy atom. The Bertz CT molecular complexity index is 2650. The highest BCUT2D eigenvalue weighted by Gasteiger charge is 2.30. The molecule has 2 aromatic heterocycles. The average Bonchev–Trinajstić information content (AvgIpc) is 3.69. The van der Waals surface area contributed by atoms with Crippen LogP contribution >= 0.6 is 11.8 Å². The van der Waals surface area contributed by atoms with Gasteiger partial charge < -0.3 is 59.7 Å². The number of methoxy groups -OCH3 is 1. The fourth-order valence-corrected chi connectivity index (χ4v) is 8.80. The minimum Gasteiger partial charge on any atom is -0.495 e. The number of aromatic nitrogens is 2. The molecule has 0 radical (unpaired) electrons. The molecule has 6 rings (SSSR count). The maximum atomic E-state index is 13.8. The number of hydrogen-bond acceptors (Lipinski definition) is 14. The molecule has 72 heavy (non-hydrogen) atoms. The van der Waals surface area contributed by atoms with Gasteiger partial charge in [-0.05, 0) is 101 Å². The molecule has 15 nitrogen and oxygen atoms in total. The second kappa shape index (κ2) is 27.4. The van der Waals surface area contributed by atoms with Gasteiger partial charge in [0, 0.05) is 69.1 Å². The fraction of sp³-hybridized carbons (Fsp3) is 0.415. The molecule has 0 saturated carbocycles. The number of ether oxygens (including phenoxy) is 5. The third kappa shape index (κ3) is 17.1. The normalized spacial score (nSPS) is 14.6. The molecule has 2 aliphatic rings. The van der Waals surface area contributed by atoms with Crippen LogP contribution in [0.15, 0.2) is 113 Å². The number of nitrogens with zero attached hydrogens (tertiary/aromatic N) is 4. The van der Waals surface area contributed by atoms with Crippen LogP contribution < -0.4 is 31.2 Å². The summed E-state index contributed by atoms with van der Waals surface area (Å²) in [7, 11) is 3.67. The second-order valence-corrected chi connectivity index (χ2v) is 18.3. The molecular weight excluding hydrogens is 950 g/mol. The zero-order valence-electron chi connectivity index (χ0n) is 41.4. The van der Waals surface area contributed by atoms with Gasteiger partial charge in [0.25, 0.3) is 5.91 Å². The average molecular weight is 1020 g/mol. The van der Waals surface area contributed by atoms with Crippen LogP contribution in [0.25, 0.3) is 10.9 Å². The Labute approximate surface area is 424 Å². The van der Waals surface area contributed by atoms with E-state index in [1.165, 1.54) is 11.5 Å². The van der Waals surface area contributed by atoms with Gasteiger partial charge in [0.2, 0.25) is 5.88 Å². The number of rotatable bonds is 26. The van der Waals surface area contributed by atoms with E-state index in [0.29, 0.717) is 110 Å². The molecule has 19 heteroatoms. The molecule has 0 atom stereocenters. The van der Waals surface area contributed by atoms with Crippen LogP contribution in [0.4, 0.5) is 24.5 Å². The minimum atomic E-state index is -4.41. The highest BCUT2D eigenvalue weighted by atomic mass is 32.2. The van der Waals surface area contributed by atoms with Crippen molar-refractivity contribution < 1.29 is 46.4 Å². The van der Waals surface area contributed by atoms with E-state index in [0.717, 1.165) is 47.6 Å². The lowest BCUT2D eigenvalue weighted by atomic mass is 9.99. The standard InChI is InChI=1S/C53H65F3N8O7S/c1-37-14-15-40(52(38(2)57)39(3)65)33-63(37)34-42-9-6-13-51(61-42)71-35-50(66)59-21-24-68-25-26-69-27-28-70-29-30-72-44-16-17-47(49(32-44)67-5)58-20-8-10-43-31-45-46(60-41-18-22-62(4)23-19-41)11-7-12-48(45)64(43)36-53(54,55)56/h6-7,9,11-17,31-33,41,58,60H,1,18-30,34-36,57H2,2-5H3,(H,59,66)/b52-38+.